The number of nitrogens with zero attached hydrogens (tertiary/aromatic N) is 2. The van der Waals surface area contributed by atoms with Crippen LogP contribution in [0.2, 0.25) is 0 Å². The molecule has 1 fully saturated rings. The lowest BCUT2D eigenvalue weighted by Gasteiger charge is -2.30. The van der Waals surface area contributed by atoms with Gasteiger partial charge in [-0.15, -0.1) is 11.6 Å². The highest BCUT2D eigenvalue weighted by Gasteiger charge is 2.29. The Morgan fingerprint density at radius 1 is 1.60 bits per heavy atom. The van der Waals surface area contributed by atoms with Gasteiger partial charge in [-0.3, -0.25) is 4.79 Å². The average Bonchev–Trinajstić information content (AvgIpc) is 3.17. The van der Waals surface area contributed by atoms with E-state index < -0.39 is 5.60 Å². The fourth-order valence-electron chi connectivity index (χ4n) is 1.94. The van der Waals surface area contributed by atoms with E-state index in [2.05, 4.69) is 4.98 Å². The predicted molar refractivity (Wildman–Crippen MR) is 75.7 cm³/mol. The SMILES string of the molecule is COC(C)(C)CN(Cc1cnc(C2CC2)o1)C(=O)CCl. The van der Waals surface area contributed by atoms with Crippen molar-refractivity contribution in [3.63, 3.8) is 0 Å². The summed E-state index contributed by atoms with van der Waals surface area (Å²) in [6.07, 6.45) is 3.98. The number of hydrogen-bond donors (Lipinski definition) is 0. The average molecular weight is 301 g/mol. The highest BCUT2D eigenvalue weighted by molar-refractivity contribution is 6.27. The van der Waals surface area contributed by atoms with Gasteiger partial charge >= 0.3 is 0 Å². The van der Waals surface area contributed by atoms with Crippen molar-refractivity contribution in [1.82, 2.24) is 9.88 Å². The highest BCUT2D eigenvalue weighted by atomic mass is 35.5. The molecule has 1 aliphatic carbocycles. The first-order valence-corrected chi connectivity index (χ1v) is 7.32. The van der Waals surface area contributed by atoms with Gasteiger partial charge in [-0.05, 0) is 26.7 Å². The molecule has 0 spiro atoms. The smallest absolute Gasteiger partial charge is 0.238 e. The van der Waals surface area contributed by atoms with Crippen LogP contribution in [0.3, 0.4) is 0 Å². The summed E-state index contributed by atoms with van der Waals surface area (Å²) in [5, 5.41) is 0. The van der Waals surface area contributed by atoms with Gasteiger partial charge in [0.2, 0.25) is 5.91 Å². The molecule has 0 aliphatic heterocycles. The van der Waals surface area contributed by atoms with Crippen molar-refractivity contribution in [2.45, 2.75) is 44.8 Å². The zero-order chi connectivity index (χ0) is 14.8. The fraction of sp³-hybridized carbons (Fsp3) is 0.714. The van der Waals surface area contributed by atoms with Crippen LogP contribution in [0.5, 0.6) is 0 Å². The lowest BCUT2D eigenvalue weighted by atomic mass is 10.1. The molecule has 20 heavy (non-hydrogen) atoms. The van der Waals surface area contributed by atoms with E-state index in [0.717, 1.165) is 18.7 Å². The van der Waals surface area contributed by atoms with Gasteiger partial charge in [0.05, 0.1) is 18.3 Å². The molecule has 5 nitrogen and oxygen atoms in total. The number of alkyl halides is 1. The van der Waals surface area contributed by atoms with Gasteiger partial charge in [0.25, 0.3) is 0 Å². The second-order valence-electron chi connectivity index (χ2n) is 5.79. The van der Waals surface area contributed by atoms with Crippen LogP contribution < -0.4 is 0 Å². The monoisotopic (exact) mass is 300 g/mol. The molecule has 0 aromatic carbocycles. The van der Waals surface area contributed by atoms with Gasteiger partial charge in [-0.1, -0.05) is 0 Å². The Balaban J connectivity index is 2.03. The Bertz CT molecular complexity index is 469. The van der Waals surface area contributed by atoms with Gasteiger partial charge in [0, 0.05) is 19.6 Å². The summed E-state index contributed by atoms with van der Waals surface area (Å²) in [4.78, 5) is 17.9. The van der Waals surface area contributed by atoms with Crippen LogP contribution in [0.4, 0.5) is 0 Å². The second kappa shape index (κ2) is 6.14. The molecular weight excluding hydrogens is 280 g/mol. The molecule has 1 aliphatic rings. The largest absolute Gasteiger partial charge is 0.444 e. The predicted octanol–water partition coefficient (Wildman–Crippen LogP) is 2.54. The van der Waals surface area contributed by atoms with Crippen molar-refractivity contribution in [2.24, 2.45) is 0 Å². The van der Waals surface area contributed by atoms with E-state index in [1.54, 1.807) is 18.2 Å². The zero-order valence-corrected chi connectivity index (χ0v) is 12.9. The van der Waals surface area contributed by atoms with Crippen LogP contribution in [0, 0.1) is 0 Å². The maximum absolute atomic E-state index is 11.9. The minimum absolute atomic E-state index is 0.0522. The van der Waals surface area contributed by atoms with Gasteiger partial charge < -0.3 is 14.1 Å². The summed E-state index contributed by atoms with van der Waals surface area (Å²) in [7, 11) is 1.63. The standard InChI is InChI=1S/C14H21ClN2O3/c1-14(2,19-3)9-17(12(18)6-15)8-11-7-16-13(20-11)10-4-5-10/h7,10H,4-6,8-9H2,1-3H3. The molecule has 0 radical (unpaired) electrons. The van der Waals surface area contributed by atoms with Crippen molar-refractivity contribution in [2.75, 3.05) is 19.5 Å². The summed E-state index contributed by atoms with van der Waals surface area (Å²) in [6, 6.07) is 0. The number of hydrogen-bond acceptors (Lipinski definition) is 4. The molecule has 2 rings (SSSR count). The first kappa shape index (κ1) is 15.3. The molecule has 112 valence electrons. The molecule has 1 saturated carbocycles. The molecule has 0 unspecified atom stereocenters. The molecule has 1 aromatic heterocycles. The summed E-state index contributed by atoms with van der Waals surface area (Å²) in [6.45, 7) is 4.68. The molecular formula is C14H21ClN2O3. The Morgan fingerprint density at radius 3 is 2.85 bits per heavy atom. The Morgan fingerprint density at radius 2 is 2.30 bits per heavy atom. The van der Waals surface area contributed by atoms with Gasteiger partial charge in [0.15, 0.2) is 5.89 Å². The minimum atomic E-state index is -0.430. The van der Waals surface area contributed by atoms with Crippen LogP contribution in [0.25, 0.3) is 0 Å². The molecule has 1 heterocycles. The van der Waals surface area contributed by atoms with Gasteiger partial charge in [0.1, 0.15) is 11.6 Å². The lowest BCUT2D eigenvalue weighted by Crippen LogP contribution is -2.43. The van der Waals surface area contributed by atoms with Crippen molar-refractivity contribution in [1.29, 1.82) is 0 Å². The number of carbonyl (C=O) groups is 1. The van der Waals surface area contributed by atoms with Crippen molar-refractivity contribution < 1.29 is 13.9 Å². The summed E-state index contributed by atoms with van der Waals surface area (Å²) < 4.78 is 11.1. The van der Waals surface area contributed by atoms with Crippen LogP contribution in [0.15, 0.2) is 10.6 Å². The quantitative estimate of drug-likeness (QED) is 0.726. The normalized spacial score (nSPS) is 15.4. The third kappa shape index (κ3) is 3.96. The van der Waals surface area contributed by atoms with Crippen LogP contribution >= 0.6 is 11.6 Å². The molecule has 0 bridgehead atoms. The van der Waals surface area contributed by atoms with Crippen LogP contribution in [-0.4, -0.2) is 40.9 Å². The topological polar surface area (TPSA) is 55.6 Å². The Hall–Kier alpha value is -1.07. The van der Waals surface area contributed by atoms with E-state index in [0.29, 0.717) is 24.8 Å². The number of oxazole rings is 1. The maximum Gasteiger partial charge on any atom is 0.238 e. The van der Waals surface area contributed by atoms with E-state index in [4.69, 9.17) is 20.8 Å². The van der Waals surface area contributed by atoms with E-state index in [-0.39, 0.29) is 11.8 Å². The number of aromatic nitrogens is 1. The fourth-order valence-corrected chi connectivity index (χ4v) is 2.11. The molecule has 1 aromatic rings. The maximum atomic E-state index is 11.9. The van der Waals surface area contributed by atoms with Crippen LogP contribution in [0.1, 0.15) is 44.3 Å². The Kier molecular flexibility index (Phi) is 4.70. The first-order valence-electron chi connectivity index (χ1n) is 6.78. The van der Waals surface area contributed by atoms with E-state index in [1.807, 2.05) is 13.8 Å². The third-order valence-electron chi connectivity index (χ3n) is 3.44. The molecule has 0 atom stereocenters. The van der Waals surface area contributed by atoms with E-state index in [9.17, 15) is 4.79 Å². The first-order chi connectivity index (χ1) is 9.45. The molecule has 1 amide bonds. The summed E-state index contributed by atoms with van der Waals surface area (Å²) in [5.74, 6) is 1.75. The van der Waals surface area contributed by atoms with Crippen molar-refractivity contribution >= 4 is 17.5 Å². The number of halogens is 1. The Labute approximate surface area is 124 Å². The lowest BCUT2D eigenvalue weighted by molar-refractivity contribution is -0.133. The molecule has 0 N–H and O–H groups in total. The molecule has 0 saturated heterocycles. The number of methoxy groups -OCH3 is 1. The molecule has 6 heteroatoms. The third-order valence-corrected chi connectivity index (χ3v) is 3.66. The summed E-state index contributed by atoms with van der Waals surface area (Å²) >= 11 is 5.67. The minimum Gasteiger partial charge on any atom is -0.444 e. The van der Waals surface area contributed by atoms with Gasteiger partial charge in [-0.25, -0.2) is 4.98 Å². The van der Waals surface area contributed by atoms with Gasteiger partial charge in [-0.2, -0.15) is 0 Å². The highest BCUT2D eigenvalue weighted by Crippen LogP contribution is 2.39. The number of carbonyl (C=O) groups excluding carboxylic acids is 1. The number of ether oxygens (including phenoxy) is 1. The van der Waals surface area contributed by atoms with Crippen molar-refractivity contribution in [3.05, 3.63) is 17.8 Å². The zero-order valence-electron chi connectivity index (χ0n) is 12.2. The number of rotatable bonds is 7. The van der Waals surface area contributed by atoms with E-state index in [1.165, 1.54) is 0 Å². The summed E-state index contributed by atoms with van der Waals surface area (Å²) in [5.41, 5.74) is -0.430. The van der Waals surface area contributed by atoms with Crippen LogP contribution in [-0.2, 0) is 16.1 Å². The number of amides is 1. The second-order valence-corrected chi connectivity index (χ2v) is 6.05. The van der Waals surface area contributed by atoms with E-state index >= 15 is 0 Å². The van der Waals surface area contributed by atoms with Crippen molar-refractivity contribution in [3.8, 4) is 0 Å².